The molecule has 9 aromatic rings. The monoisotopic (exact) mass is 555 g/mol. The summed E-state index contributed by atoms with van der Waals surface area (Å²) in [5.74, 6) is 0.651. The summed E-state index contributed by atoms with van der Waals surface area (Å²) in [5.41, 5.74) is 8.39. The summed E-state index contributed by atoms with van der Waals surface area (Å²) >= 11 is 1.72. The first-order valence-corrected chi connectivity index (χ1v) is 14.6. The second-order valence-electron chi connectivity index (χ2n) is 10.4. The first-order chi connectivity index (χ1) is 20.8. The topological polar surface area (TPSA) is 56.5 Å². The summed E-state index contributed by atoms with van der Waals surface area (Å²) < 4.78 is 4.45. The minimum Gasteiger partial charge on any atom is -0.276 e. The molecule has 0 atom stereocenters. The van der Waals surface area contributed by atoms with Crippen LogP contribution in [0.5, 0.6) is 0 Å². The van der Waals surface area contributed by atoms with Gasteiger partial charge in [0.1, 0.15) is 6.33 Å². The number of para-hydroxylation sites is 2. The molecule has 0 unspecified atom stereocenters. The van der Waals surface area contributed by atoms with Gasteiger partial charge in [0.25, 0.3) is 0 Å². The molecule has 196 valence electrons. The highest BCUT2D eigenvalue weighted by atomic mass is 32.1. The highest BCUT2D eigenvalue weighted by Crippen LogP contribution is 2.42. The first kappa shape index (κ1) is 23.3. The Morgan fingerprint density at radius 1 is 0.571 bits per heavy atom. The van der Waals surface area contributed by atoms with E-state index in [2.05, 4.69) is 118 Å². The van der Waals surface area contributed by atoms with Crippen molar-refractivity contribution in [3.8, 4) is 28.3 Å². The van der Waals surface area contributed by atoms with Crippen molar-refractivity contribution in [2.45, 2.75) is 0 Å². The van der Waals surface area contributed by atoms with Crippen LogP contribution < -0.4 is 0 Å². The number of hydrogen-bond donors (Lipinski definition) is 0. The molecule has 0 amide bonds. The summed E-state index contributed by atoms with van der Waals surface area (Å²) in [7, 11) is 0. The van der Waals surface area contributed by atoms with Crippen LogP contribution in [0.25, 0.3) is 81.3 Å². The third-order valence-corrected chi connectivity index (χ3v) is 9.13. The maximum absolute atomic E-state index is 5.31. The Bertz CT molecular complexity index is 2460. The average molecular weight is 556 g/mol. The van der Waals surface area contributed by atoms with Gasteiger partial charge in [0.2, 0.25) is 5.95 Å². The molecule has 0 saturated heterocycles. The number of fused-ring (bicyclic) bond motifs is 8. The molecule has 4 aromatic heterocycles. The number of nitrogens with zero attached hydrogens (tertiary/aromatic N) is 5. The van der Waals surface area contributed by atoms with Gasteiger partial charge in [0.05, 0.1) is 37.2 Å². The molecule has 6 heteroatoms. The average Bonchev–Trinajstić information content (AvgIpc) is 3.61. The molecule has 0 N–H and O–H groups in total. The predicted octanol–water partition coefficient (Wildman–Crippen LogP) is 9.22. The highest BCUT2D eigenvalue weighted by Gasteiger charge is 2.21. The van der Waals surface area contributed by atoms with Gasteiger partial charge < -0.3 is 0 Å². The van der Waals surface area contributed by atoms with Gasteiger partial charge in [-0.25, -0.2) is 19.9 Å². The zero-order valence-corrected chi connectivity index (χ0v) is 23.1. The Kier molecular flexibility index (Phi) is 5.00. The molecule has 0 aliphatic heterocycles. The van der Waals surface area contributed by atoms with Crippen LogP contribution in [-0.2, 0) is 0 Å². The van der Waals surface area contributed by atoms with E-state index >= 15 is 0 Å². The Hall–Kier alpha value is -5.46. The molecule has 42 heavy (non-hydrogen) atoms. The molecule has 5 aromatic carbocycles. The molecule has 0 spiro atoms. The van der Waals surface area contributed by atoms with Gasteiger partial charge in [0.15, 0.2) is 0 Å². The van der Waals surface area contributed by atoms with Crippen LogP contribution in [0.1, 0.15) is 0 Å². The minimum atomic E-state index is 0.651. The van der Waals surface area contributed by atoms with Crippen molar-refractivity contribution in [1.29, 1.82) is 0 Å². The maximum atomic E-state index is 5.31. The molecule has 0 radical (unpaired) electrons. The van der Waals surface area contributed by atoms with Crippen molar-refractivity contribution in [3.05, 3.63) is 128 Å². The summed E-state index contributed by atoms with van der Waals surface area (Å²) in [6.45, 7) is 0. The lowest BCUT2D eigenvalue weighted by atomic mass is 10.0. The van der Waals surface area contributed by atoms with Crippen molar-refractivity contribution >= 4 is 64.3 Å². The van der Waals surface area contributed by atoms with Gasteiger partial charge in [0, 0.05) is 33.3 Å². The van der Waals surface area contributed by atoms with Gasteiger partial charge in [-0.05, 0) is 23.3 Å². The molecule has 9 rings (SSSR count). The van der Waals surface area contributed by atoms with Gasteiger partial charge >= 0.3 is 0 Å². The molecule has 0 bridgehead atoms. The van der Waals surface area contributed by atoms with Crippen molar-refractivity contribution < 1.29 is 0 Å². The van der Waals surface area contributed by atoms with E-state index in [1.54, 1.807) is 17.7 Å². The van der Waals surface area contributed by atoms with Crippen LogP contribution in [0.4, 0.5) is 0 Å². The van der Waals surface area contributed by atoms with Gasteiger partial charge in [-0.15, -0.1) is 11.3 Å². The quantitative estimate of drug-likeness (QED) is 0.218. The van der Waals surface area contributed by atoms with E-state index in [9.17, 15) is 0 Å². The highest BCUT2D eigenvalue weighted by molar-refractivity contribution is 7.26. The van der Waals surface area contributed by atoms with E-state index in [1.165, 1.54) is 21.9 Å². The molecule has 0 fully saturated rings. The van der Waals surface area contributed by atoms with Crippen molar-refractivity contribution in [1.82, 2.24) is 24.5 Å². The van der Waals surface area contributed by atoms with Crippen molar-refractivity contribution in [3.63, 3.8) is 0 Å². The Balaban J connectivity index is 1.35. The summed E-state index contributed by atoms with van der Waals surface area (Å²) in [6.07, 6.45) is 3.52. The fourth-order valence-electron chi connectivity index (χ4n) is 6.06. The second kappa shape index (κ2) is 9.03. The summed E-state index contributed by atoms with van der Waals surface area (Å²) in [4.78, 5) is 19.4. The van der Waals surface area contributed by atoms with Crippen LogP contribution >= 0.6 is 11.3 Å². The molecular weight excluding hydrogens is 534 g/mol. The standard InChI is InChI=1S/C36H21N5S/c1-2-8-22(9-3-1)23-14-16-24(17-15-23)32-27-11-4-6-12-29(27)39-36(40-32)41-30-13-7-5-10-25(30)26-18-19-28-33-31(20-37-21-38-33)42-35(28)34(26)41/h1-21H. The van der Waals surface area contributed by atoms with E-state index in [0.717, 1.165) is 53.5 Å². The lowest BCUT2D eigenvalue weighted by molar-refractivity contribution is 1.02. The third kappa shape index (κ3) is 3.42. The largest absolute Gasteiger partial charge is 0.276 e. The second-order valence-corrected chi connectivity index (χ2v) is 11.4. The maximum Gasteiger partial charge on any atom is 0.235 e. The zero-order valence-electron chi connectivity index (χ0n) is 22.3. The Morgan fingerprint density at radius 3 is 2.17 bits per heavy atom. The van der Waals surface area contributed by atoms with E-state index in [0.29, 0.717) is 5.95 Å². The number of rotatable bonds is 3. The number of aromatic nitrogens is 5. The Labute approximate surface area is 244 Å². The first-order valence-electron chi connectivity index (χ1n) is 13.8. The Morgan fingerprint density at radius 2 is 1.29 bits per heavy atom. The molecule has 0 saturated carbocycles. The van der Waals surface area contributed by atoms with Crippen molar-refractivity contribution in [2.75, 3.05) is 0 Å². The summed E-state index contributed by atoms with van der Waals surface area (Å²) in [5, 5.41) is 4.48. The van der Waals surface area contributed by atoms with E-state index < -0.39 is 0 Å². The lowest BCUT2D eigenvalue weighted by Gasteiger charge is -2.12. The van der Waals surface area contributed by atoms with Crippen LogP contribution in [0.2, 0.25) is 0 Å². The van der Waals surface area contributed by atoms with Crippen LogP contribution in [0.15, 0.2) is 128 Å². The molecule has 4 heterocycles. The SMILES string of the molecule is c1ccc(-c2ccc(-c3nc(-n4c5ccccc5c5ccc6c7ncncc7sc6c54)nc4ccccc34)cc2)cc1. The zero-order chi connectivity index (χ0) is 27.6. The minimum absolute atomic E-state index is 0.651. The molecule has 5 nitrogen and oxygen atoms in total. The van der Waals surface area contributed by atoms with E-state index in [4.69, 9.17) is 9.97 Å². The van der Waals surface area contributed by atoms with Crippen LogP contribution in [0, 0.1) is 0 Å². The van der Waals surface area contributed by atoms with Gasteiger partial charge in [-0.2, -0.15) is 0 Å². The fourth-order valence-corrected chi connectivity index (χ4v) is 7.23. The van der Waals surface area contributed by atoms with E-state index in [-0.39, 0.29) is 0 Å². The van der Waals surface area contributed by atoms with Gasteiger partial charge in [-0.1, -0.05) is 103 Å². The number of benzene rings is 5. The lowest BCUT2D eigenvalue weighted by Crippen LogP contribution is -2.03. The predicted molar refractivity (Wildman–Crippen MR) is 173 cm³/mol. The third-order valence-electron chi connectivity index (χ3n) is 7.99. The molecule has 0 aliphatic carbocycles. The van der Waals surface area contributed by atoms with Crippen LogP contribution in [-0.4, -0.2) is 24.5 Å². The van der Waals surface area contributed by atoms with Crippen molar-refractivity contribution in [2.24, 2.45) is 0 Å². The van der Waals surface area contributed by atoms with Gasteiger partial charge in [-0.3, -0.25) is 4.57 Å². The molecule has 0 aliphatic rings. The van der Waals surface area contributed by atoms with Crippen LogP contribution in [0.3, 0.4) is 0 Å². The number of hydrogen-bond acceptors (Lipinski definition) is 5. The number of thiophene rings is 1. The summed E-state index contributed by atoms with van der Waals surface area (Å²) in [6, 6.07) is 40.3. The molecular formula is C36H21N5S. The smallest absolute Gasteiger partial charge is 0.235 e. The van der Waals surface area contributed by atoms with E-state index in [1.807, 2.05) is 18.3 Å². The normalized spacial score (nSPS) is 11.8. The fraction of sp³-hybridized carbons (Fsp3) is 0.